The fraction of sp³-hybridized carbons (Fsp3) is 0.200. The van der Waals surface area contributed by atoms with Gasteiger partial charge in [0.05, 0.1) is 6.61 Å². The third kappa shape index (κ3) is 1.04. The van der Waals surface area contributed by atoms with E-state index in [4.69, 9.17) is 5.11 Å². The first-order chi connectivity index (χ1) is 5.83. The molecule has 2 heteroatoms. The summed E-state index contributed by atoms with van der Waals surface area (Å²) in [5.74, 6) is 0. The van der Waals surface area contributed by atoms with Crippen LogP contribution in [0.5, 0.6) is 0 Å². The van der Waals surface area contributed by atoms with Crippen molar-refractivity contribution < 1.29 is 5.11 Å². The molecule has 12 heavy (non-hydrogen) atoms. The molecular weight excluding hydrogens is 168 g/mol. The molecule has 2 rings (SSSR count). The molecule has 0 aliphatic heterocycles. The Kier molecular flexibility index (Phi) is 1.87. The number of fused-ring (bicyclic) bond motifs is 1. The van der Waals surface area contributed by atoms with Crippen LogP contribution in [0, 0.1) is 13.0 Å². The minimum absolute atomic E-state index is 0.117. The number of rotatable bonds is 1. The van der Waals surface area contributed by atoms with Gasteiger partial charge in [-0.05, 0) is 24.6 Å². The third-order valence-corrected chi connectivity index (χ3v) is 3.08. The lowest BCUT2D eigenvalue weighted by molar-refractivity contribution is 0.283. The van der Waals surface area contributed by atoms with Gasteiger partial charge in [-0.1, -0.05) is 12.1 Å². The minimum atomic E-state index is 0.117. The van der Waals surface area contributed by atoms with E-state index in [-0.39, 0.29) is 6.61 Å². The molecule has 1 nitrogen and oxygen atoms in total. The molecule has 1 aromatic carbocycles. The van der Waals surface area contributed by atoms with Crippen LogP contribution in [-0.4, -0.2) is 5.11 Å². The van der Waals surface area contributed by atoms with Gasteiger partial charge < -0.3 is 5.11 Å². The summed E-state index contributed by atoms with van der Waals surface area (Å²) in [6.07, 6.45) is 0. The number of aliphatic hydroxyl groups excluding tert-OH is 1. The van der Waals surface area contributed by atoms with Gasteiger partial charge in [-0.15, -0.1) is 11.3 Å². The molecule has 0 aliphatic rings. The molecule has 0 fully saturated rings. The van der Waals surface area contributed by atoms with Crippen molar-refractivity contribution in [3.8, 4) is 0 Å². The molecular formula is C10H9OS. The maximum Gasteiger partial charge on any atom is 0.0698 e. The van der Waals surface area contributed by atoms with E-state index in [0.717, 1.165) is 10.9 Å². The normalized spacial score (nSPS) is 10.8. The number of hydrogen-bond acceptors (Lipinski definition) is 2. The van der Waals surface area contributed by atoms with Gasteiger partial charge in [0.15, 0.2) is 0 Å². The summed E-state index contributed by atoms with van der Waals surface area (Å²) in [5, 5.41) is 10.2. The highest BCUT2D eigenvalue weighted by molar-refractivity contribution is 7.19. The van der Waals surface area contributed by atoms with E-state index in [1.165, 1.54) is 9.58 Å². The summed E-state index contributed by atoms with van der Waals surface area (Å²) < 4.78 is 1.21. The Morgan fingerprint density at radius 2 is 2.42 bits per heavy atom. The topological polar surface area (TPSA) is 20.2 Å². The van der Waals surface area contributed by atoms with Gasteiger partial charge in [-0.3, -0.25) is 0 Å². The Morgan fingerprint density at radius 1 is 1.58 bits per heavy atom. The lowest BCUT2D eigenvalue weighted by Gasteiger charge is -1.92. The van der Waals surface area contributed by atoms with E-state index in [1.807, 2.05) is 19.1 Å². The number of aliphatic hydroxyl groups is 1. The molecule has 1 aromatic heterocycles. The van der Waals surface area contributed by atoms with Gasteiger partial charge >= 0.3 is 0 Å². The number of benzene rings is 1. The highest BCUT2D eigenvalue weighted by Gasteiger charge is 2.06. The van der Waals surface area contributed by atoms with E-state index >= 15 is 0 Å². The van der Waals surface area contributed by atoms with E-state index in [1.54, 1.807) is 11.3 Å². The van der Waals surface area contributed by atoms with Gasteiger partial charge in [0.1, 0.15) is 0 Å². The molecule has 61 valence electrons. The second kappa shape index (κ2) is 2.88. The van der Waals surface area contributed by atoms with Crippen LogP contribution in [0.4, 0.5) is 0 Å². The van der Waals surface area contributed by atoms with Gasteiger partial charge in [0.25, 0.3) is 0 Å². The lowest BCUT2D eigenvalue weighted by Crippen LogP contribution is -1.81. The van der Waals surface area contributed by atoms with Crippen LogP contribution in [-0.2, 0) is 6.61 Å². The quantitative estimate of drug-likeness (QED) is 0.709. The molecule has 0 amide bonds. The second-order valence-corrected chi connectivity index (χ2v) is 3.96. The number of thiophene rings is 1. The summed E-state index contributed by atoms with van der Waals surface area (Å²) in [5.41, 5.74) is 1.02. The van der Waals surface area contributed by atoms with Crippen LogP contribution in [0.1, 0.15) is 10.4 Å². The van der Waals surface area contributed by atoms with Crippen molar-refractivity contribution in [2.45, 2.75) is 13.5 Å². The minimum Gasteiger partial charge on any atom is -0.392 e. The van der Waals surface area contributed by atoms with Crippen molar-refractivity contribution in [1.29, 1.82) is 0 Å². The Hall–Kier alpha value is -0.860. The van der Waals surface area contributed by atoms with Crippen molar-refractivity contribution in [1.82, 2.24) is 0 Å². The maximum atomic E-state index is 9.09. The monoisotopic (exact) mass is 177 g/mol. The molecule has 1 radical (unpaired) electrons. The zero-order valence-electron chi connectivity index (χ0n) is 6.79. The number of hydrogen-bond donors (Lipinski definition) is 1. The van der Waals surface area contributed by atoms with Crippen LogP contribution >= 0.6 is 11.3 Å². The first kappa shape index (κ1) is 7.77. The van der Waals surface area contributed by atoms with Crippen LogP contribution in [0.15, 0.2) is 18.2 Å². The van der Waals surface area contributed by atoms with Crippen LogP contribution < -0.4 is 0 Å². The van der Waals surface area contributed by atoms with E-state index in [2.05, 4.69) is 12.1 Å². The summed E-state index contributed by atoms with van der Waals surface area (Å²) >= 11 is 1.71. The van der Waals surface area contributed by atoms with Crippen LogP contribution in [0.25, 0.3) is 10.1 Å². The molecule has 0 unspecified atom stereocenters. The van der Waals surface area contributed by atoms with Gasteiger partial charge in [-0.2, -0.15) is 0 Å². The molecule has 1 heterocycles. The zero-order chi connectivity index (χ0) is 8.55. The van der Waals surface area contributed by atoms with Crippen molar-refractivity contribution >= 4 is 21.4 Å². The average molecular weight is 177 g/mol. The Bertz CT molecular complexity index is 403. The fourth-order valence-electron chi connectivity index (χ4n) is 1.34. The SMILES string of the molecule is Cc1sc2ccc[c]c2c1CO. The summed E-state index contributed by atoms with van der Waals surface area (Å²) in [6, 6.07) is 9.05. The molecule has 0 spiro atoms. The number of aryl methyl sites for hydroxylation is 1. The maximum absolute atomic E-state index is 9.09. The predicted molar refractivity (Wildman–Crippen MR) is 51.3 cm³/mol. The van der Waals surface area contributed by atoms with Crippen molar-refractivity contribution in [3.63, 3.8) is 0 Å². The van der Waals surface area contributed by atoms with Crippen LogP contribution in [0.3, 0.4) is 0 Å². The largest absolute Gasteiger partial charge is 0.392 e. The summed E-state index contributed by atoms with van der Waals surface area (Å²) in [7, 11) is 0. The third-order valence-electron chi connectivity index (χ3n) is 1.97. The molecule has 0 saturated heterocycles. The van der Waals surface area contributed by atoms with Gasteiger partial charge in [0, 0.05) is 15.0 Å². The predicted octanol–water partition coefficient (Wildman–Crippen LogP) is 2.50. The molecule has 0 bridgehead atoms. The first-order valence-corrected chi connectivity index (χ1v) is 4.64. The first-order valence-electron chi connectivity index (χ1n) is 3.82. The Balaban J connectivity index is 2.81. The smallest absolute Gasteiger partial charge is 0.0698 e. The Morgan fingerprint density at radius 3 is 3.17 bits per heavy atom. The molecule has 0 saturated carbocycles. The summed E-state index contributed by atoms with van der Waals surface area (Å²) in [6.45, 7) is 2.15. The highest BCUT2D eigenvalue weighted by atomic mass is 32.1. The standard InChI is InChI=1S/C10H9OS/c1-7-9(6-11)8-4-2-3-5-10(8)12-7/h2-3,5,11H,6H2,1H3. The molecule has 0 aliphatic carbocycles. The average Bonchev–Trinajstić information content (AvgIpc) is 2.40. The lowest BCUT2D eigenvalue weighted by atomic mass is 10.1. The summed E-state index contributed by atoms with van der Waals surface area (Å²) in [4.78, 5) is 1.19. The van der Waals surface area contributed by atoms with Crippen molar-refractivity contribution in [3.05, 3.63) is 34.7 Å². The highest BCUT2D eigenvalue weighted by Crippen LogP contribution is 2.29. The van der Waals surface area contributed by atoms with E-state index < -0.39 is 0 Å². The molecule has 0 atom stereocenters. The van der Waals surface area contributed by atoms with Crippen LogP contribution in [0.2, 0.25) is 0 Å². The Labute approximate surface area is 75.3 Å². The van der Waals surface area contributed by atoms with Crippen molar-refractivity contribution in [2.24, 2.45) is 0 Å². The van der Waals surface area contributed by atoms with E-state index in [0.29, 0.717) is 0 Å². The zero-order valence-corrected chi connectivity index (χ0v) is 7.61. The van der Waals surface area contributed by atoms with Gasteiger partial charge in [-0.25, -0.2) is 0 Å². The molecule has 1 N–H and O–H groups in total. The van der Waals surface area contributed by atoms with Crippen molar-refractivity contribution in [2.75, 3.05) is 0 Å². The van der Waals surface area contributed by atoms with Gasteiger partial charge in [0.2, 0.25) is 0 Å². The fourth-order valence-corrected chi connectivity index (χ4v) is 2.39. The molecule has 2 aromatic rings. The van der Waals surface area contributed by atoms with E-state index in [9.17, 15) is 0 Å². The second-order valence-electron chi connectivity index (χ2n) is 2.70.